The van der Waals surface area contributed by atoms with Crippen LogP contribution in [0.4, 0.5) is 0 Å². The summed E-state index contributed by atoms with van der Waals surface area (Å²) in [5.74, 6) is -0.257. The average Bonchev–Trinajstić information content (AvgIpc) is 3.07. The first-order valence-corrected chi connectivity index (χ1v) is 7.73. The summed E-state index contributed by atoms with van der Waals surface area (Å²) in [4.78, 5) is 23.7. The smallest absolute Gasteiger partial charge is 0.338 e. The Balaban J connectivity index is 1.86. The van der Waals surface area contributed by atoms with Crippen LogP contribution in [0.3, 0.4) is 0 Å². The molecule has 2 rings (SSSR count). The maximum absolute atomic E-state index is 12.0. The van der Waals surface area contributed by atoms with E-state index >= 15 is 0 Å². The van der Waals surface area contributed by atoms with Gasteiger partial charge in [0.1, 0.15) is 0 Å². The number of carbonyl (C=O) groups is 2. The zero-order valence-electron chi connectivity index (χ0n) is 13.5. The van der Waals surface area contributed by atoms with Crippen molar-refractivity contribution in [2.24, 2.45) is 5.92 Å². The Morgan fingerprint density at radius 2 is 1.91 bits per heavy atom. The molecule has 1 heterocycles. The fourth-order valence-corrected chi connectivity index (χ4v) is 2.07. The molecule has 1 aromatic heterocycles. The third-order valence-electron chi connectivity index (χ3n) is 3.36. The lowest BCUT2D eigenvalue weighted by molar-refractivity contribution is -0.124. The van der Waals surface area contributed by atoms with Crippen LogP contribution in [0.25, 0.3) is 5.69 Å². The van der Waals surface area contributed by atoms with Gasteiger partial charge in [0.15, 0.2) is 6.61 Å². The standard InChI is InChI=1S/C18H22N2O3/c1-14(2)8-9-19-17(21)13-23-18(22)15-6-5-7-16(12-15)20-10-3-4-11-20/h3-7,10-12,14H,8-9,13H2,1-2H3,(H,19,21). The Hall–Kier alpha value is -2.56. The van der Waals surface area contributed by atoms with E-state index in [1.807, 2.05) is 35.2 Å². The number of ether oxygens (including phenoxy) is 1. The Morgan fingerprint density at radius 1 is 1.17 bits per heavy atom. The summed E-state index contributed by atoms with van der Waals surface area (Å²) >= 11 is 0. The number of nitrogens with one attached hydrogen (secondary N) is 1. The topological polar surface area (TPSA) is 60.3 Å². The molecule has 1 aromatic carbocycles. The second-order valence-corrected chi connectivity index (χ2v) is 5.75. The molecule has 0 bridgehead atoms. The van der Waals surface area contributed by atoms with Gasteiger partial charge in [-0.05, 0) is 42.7 Å². The minimum Gasteiger partial charge on any atom is -0.452 e. The Labute approximate surface area is 136 Å². The monoisotopic (exact) mass is 314 g/mol. The number of carbonyl (C=O) groups excluding carboxylic acids is 2. The summed E-state index contributed by atoms with van der Waals surface area (Å²) in [6, 6.07) is 10.9. The van der Waals surface area contributed by atoms with Gasteiger partial charge in [-0.3, -0.25) is 4.79 Å². The summed E-state index contributed by atoms with van der Waals surface area (Å²) in [6.07, 6.45) is 4.69. The molecule has 5 heteroatoms. The van der Waals surface area contributed by atoms with Crippen LogP contribution >= 0.6 is 0 Å². The molecule has 0 aliphatic heterocycles. The predicted molar refractivity (Wildman–Crippen MR) is 88.5 cm³/mol. The molecule has 0 atom stereocenters. The molecular formula is C18H22N2O3. The molecule has 1 amide bonds. The molecule has 0 fully saturated rings. The van der Waals surface area contributed by atoms with E-state index < -0.39 is 5.97 Å². The van der Waals surface area contributed by atoms with Crippen molar-refractivity contribution in [1.29, 1.82) is 0 Å². The van der Waals surface area contributed by atoms with Gasteiger partial charge in [-0.1, -0.05) is 19.9 Å². The highest BCUT2D eigenvalue weighted by Gasteiger charge is 2.11. The van der Waals surface area contributed by atoms with E-state index in [1.54, 1.807) is 18.2 Å². The lowest BCUT2D eigenvalue weighted by atomic mass is 10.1. The van der Waals surface area contributed by atoms with E-state index in [0.29, 0.717) is 18.0 Å². The lowest BCUT2D eigenvalue weighted by Crippen LogP contribution is -2.30. The highest BCUT2D eigenvalue weighted by atomic mass is 16.5. The van der Waals surface area contributed by atoms with Crippen molar-refractivity contribution >= 4 is 11.9 Å². The summed E-state index contributed by atoms with van der Waals surface area (Å²) in [7, 11) is 0. The van der Waals surface area contributed by atoms with Gasteiger partial charge in [0.2, 0.25) is 0 Å². The highest BCUT2D eigenvalue weighted by Crippen LogP contribution is 2.12. The molecule has 0 saturated heterocycles. The first-order chi connectivity index (χ1) is 11.1. The molecular weight excluding hydrogens is 292 g/mol. The number of nitrogens with zero attached hydrogens (tertiary/aromatic N) is 1. The largest absolute Gasteiger partial charge is 0.452 e. The molecule has 5 nitrogen and oxygen atoms in total. The number of hydrogen-bond acceptors (Lipinski definition) is 3. The van der Waals surface area contributed by atoms with Gasteiger partial charge in [-0.15, -0.1) is 0 Å². The van der Waals surface area contributed by atoms with Gasteiger partial charge in [0.25, 0.3) is 5.91 Å². The fraction of sp³-hybridized carbons (Fsp3) is 0.333. The van der Waals surface area contributed by atoms with E-state index in [1.165, 1.54) is 0 Å². The fourth-order valence-electron chi connectivity index (χ4n) is 2.07. The maximum atomic E-state index is 12.0. The number of amides is 1. The quantitative estimate of drug-likeness (QED) is 0.799. The normalized spacial score (nSPS) is 10.6. The molecule has 23 heavy (non-hydrogen) atoms. The van der Waals surface area contributed by atoms with Crippen molar-refractivity contribution in [3.8, 4) is 5.69 Å². The molecule has 0 aliphatic carbocycles. The van der Waals surface area contributed by atoms with E-state index in [4.69, 9.17) is 4.74 Å². The molecule has 122 valence electrons. The van der Waals surface area contributed by atoms with Crippen LogP contribution in [0.1, 0.15) is 30.6 Å². The summed E-state index contributed by atoms with van der Waals surface area (Å²) < 4.78 is 6.96. The zero-order chi connectivity index (χ0) is 16.7. The maximum Gasteiger partial charge on any atom is 0.338 e. The molecule has 1 N–H and O–H groups in total. The minimum absolute atomic E-state index is 0.259. The lowest BCUT2D eigenvalue weighted by Gasteiger charge is -2.09. The van der Waals surface area contributed by atoms with Crippen molar-refractivity contribution in [2.75, 3.05) is 13.2 Å². The number of hydrogen-bond donors (Lipinski definition) is 1. The van der Waals surface area contributed by atoms with Gasteiger partial charge in [0.05, 0.1) is 5.56 Å². The van der Waals surface area contributed by atoms with E-state index in [0.717, 1.165) is 12.1 Å². The Bertz CT molecular complexity index is 648. The van der Waals surface area contributed by atoms with Crippen molar-refractivity contribution in [2.45, 2.75) is 20.3 Å². The van der Waals surface area contributed by atoms with Gasteiger partial charge >= 0.3 is 5.97 Å². The number of rotatable bonds is 7. The number of aromatic nitrogens is 1. The van der Waals surface area contributed by atoms with Crippen molar-refractivity contribution in [1.82, 2.24) is 9.88 Å². The number of benzene rings is 1. The first-order valence-electron chi connectivity index (χ1n) is 7.73. The van der Waals surface area contributed by atoms with Gasteiger partial charge in [-0.2, -0.15) is 0 Å². The van der Waals surface area contributed by atoms with Crippen LogP contribution in [-0.2, 0) is 9.53 Å². The molecule has 0 unspecified atom stereocenters. The van der Waals surface area contributed by atoms with Crippen LogP contribution < -0.4 is 5.32 Å². The minimum atomic E-state index is -0.502. The van der Waals surface area contributed by atoms with Crippen LogP contribution in [0.5, 0.6) is 0 Å². The molecule has 0 spiro atoms. The molecule has 0 saturated carbocycles. The van der Waals surface area contributed by atoms with Crippen molar-refractivity contribution < 1.29 is 14.3 Å². The molecule has 2 aromatic rings. The van der Waals surface area contributed by atoms with Crippen LogP contribution in [0.15, 0.2) is 48.8 Å². The SMILES string of the molecule is CC(C)CCNC(=O)COC(=O)c1cccc(-n2cccc2)c1. The van der Waals surface area contributed by atoms with Gasteiger partial charge in [0, 0.05) is 24.6 Å². The summed E-state index contributed by atoms with van der Waals surface area (Å²) in [5, 5.41) is 2.73. The number of esters is 1. The summed E-state index contributed by atoms with van der Waals surface area (Å²) in [5.41, 5.74) is 1.29. The van der Waals surface area contributed by atoms with Crippen molar-refractivity contribution in [3.63, 3.8) is 0 Å². The average molecular weight is 314 g/mol. The predicted octanol–water partition coefficient (Wildman–Crippen LogP) is 2.80. The second kappa shape index (κ2) is 8.17. The van der Waals surface area contributed by atoms with Gasteiger partial charge in [-0.25, -0.2) is 4.79 Å². The van der Waals surface area contributed by atoms with Crippen LogP contribution in [-0.4, -0.2) is 29.6 Å². The van der Waals surface area contributed by atoms with Crippen LogP contribution in [0.2, 0.25) is 0 Å². The Morgan fingerprint density at radius 3 is 2.61 bits per heavy atom. The zero-order valence-corrected chi connectivity index (χ0v) is 13.5. The van der Waals surface area contributed by atoms with E-state index in [-0.39, 0.29) is 12.5 Å². The second-order valence-electron chi connectivity index (χ2n) is 5.75. The molecule has 0 aliphatic rings. The van der Waals surface area contributed by atoms with Gasteiger partial charge < -0.3 is 14.6 Å². The Kier molecular flexibility index (Phi) is 5.97. The first kappa shape index (κ1) is 16.8. The van der Waals surface area contributed by atoms with Crippen molar-refractivity contribution in [3.05, 3.63) is 54.4 Å². The third-order valence-corrected chi connectivity index (χ3v) is 3.36. The molecule has 0 radical (unpaired) electrons. The van der Waals surface area contributed by atoms with E-state index in [2.05, 4.69) is 19.2 Å². The van der Waals surface area contributed by atoms with Crippen LogP contribution in [0, 0.1) is 5.92 Å². The van der Waals surface area contributed by atoms with E-state index in [9.17, 15) is 9.59 Å². The third kappa shape index (κ3) is 5.29. The summed E-state index contributed by atoms with van der Waals surface area (Å²) in [6.45, 7) is 4.51. The highest BCUT2D eigenvalue weighted by molar-refractivity contribution is 5.91.